The highest BCUT2D eigenvalue weighted by Gasteiger charge is 2.24. The van der Waals surface area contributed by atoms with Crippen LogP contribution in [0.5, 0.6) is 0 Å². The predicted molar refractivity (Wildman–Crippen MR) is 74.7 cm³/mol. The Labute approximate surface area is 114 Å². The topological polar surface area (TPSA) is 62.5 Å². The quantitative estimate of drug-likeness (QED) is 0.871. The molecule has 0 bridgehead atoms. The van der Waals surface area contributed by atoms with Gasteiger partial charge in [0.05, 0.1) is 5.69 Å². The van der Waals surface area contributed by atoms with Crippen molar-refractivity contribution in [3.8, 4) is 0 Å². The molecule has 0 aliphatic carbocycles. The van der Waals surface area contributed by atoms with Crippen LogP contribution in [0.2, 0.25) is 0 Å². The molecule has 2 N–H and O–H groups in total. The Kier molecular flexibility index (Phi) is 4.50. The van der Waals surface area contributed by atoms with Crippen molar-refractivity contribution >= 4 is 5.91 Å². The number of carbonyl (C=O) groups is 1. The van der Waals surface area contributed by atoms with Crippen molar-refractivity contribution in [3.63, 3.8) is 0 Å². The Balaban J connectivity index is 2.01. The lowest BCUT2D eigenvalue weighted by atomic mass is 10.0. The first kappa shape index (κ1) is 14.0. The average molecular weight is 262 g/mol. The summed E-state index contributed by atoms with van der Waals surface area (Å²) in [5.74, 6) is 0.0920. The van der Waals surface area contributed by atoms with Crippen molar-refractivity contribution in [3.05, 3.63) is 29.6 Å². The van der Waals surface area contributed by atoms with Gasteiger partial charge in [0, 0.05) is 37.4 Å². The molecular weight excluding hydrogens is 240 g/mol. The molecule has 5 heteroatoms. The van der Waals surface area contributed by atoms with E-state index in [1.54, 1.807) is 18.3 Å². The van der Waals surface area contributed by atoms with Gasteiger partial charge >= 0.3 is 0 Å². The lowest BCUT2D eigenvalue weighted by molar-refractivity contribution is 0.0663. The maximum Gasteiger partial charge on any atom is 0.253 e. The monoisotopic (exact) mass is 262 g/mol. The second-order valence-electron chi connectivity index (χ2n) is 5.23. The van der Waals surface area contributed by atoms with E-state index in [0.29, 0.717) is 18.2 Å². The van der Waals surface area contributed by atoms with Crippen molar-refractivity contribution in [2.24, 2.45) is 5.73 Å². The van der Waals surface area contributed by atoms with Crippen LogP contribution >= 0.6 is 0 Å². The number of carbonyl (C=O) groups excluding carboxylic acids is 1. The van der Waals surface area contributed by atoms with Gasteiger partial charge in [-0.1, -0.05) is 0 Å². The molecule has 1 aromatic rings. The van der Waals surface area contributed by atoms with Crippen molar-refractivity contribution in [2.75, 3.05) is 27.2 Å². The molecule has 0 unspecified atom stereocenters. The fourth-order valence-electron chi connectivity index (χ4n) is 2.49. The van der Waals surface area contributed by atoms with E-state index < -0.39 is 0 Å². The maximum absolute atomic E-state index is 12.4. The highest BCUT2D eigenvalue weighted by molar-refractivity contribution is 5.94. The van der Waals surface area contributed by atoms with Crippen LogP contribution in [0.3, 0.4) is 0 Å². The molecule has 1 aromatic heterocycles. The lowest BCUT2D eigenvalue weighted by Crippen LogP contribution is -2.44. The highest BCUT2D eigenvalue weighted by Crippen LogP contribution is 2.16. The van der Waals surface area contributed by atoms with E-state index >= 15 is 0 Å². The molecule has 2 heterocycles. The Hall–Kier alpha value is -1.46. The molecule has 0 radical (unpaired) electrons. The molecule has 104 valence electrons. The first-order valence-corrected chi connectivity index (χ1v) is 6.72. The molecule has 0 aromatic carbocycles. The normalized spacial score (nSPS) is 16.9. The third kappa shape index (κ3) is 3.30. The van der Waals surface area contributed by atoms with Gasteiger partial charge in [0.25, 0.3) is 5.91 Å². The molecule has 2 rings (SSSR count). The second kappa shape index (κ2) is 6.12. The SMILES string of the molecule is CN(C)C1CCN(C(=O)c2ccnc(CN)c2)CC1. The van der Waals surface area contributed by atoms with Gasteiger partial charge in [-0.15, -0.1) is 0 Å². The highest BCUT2D eigenvalue weighted by atomic mass is 16.2. The van der Waals surface area contributed by atoms with E-state index in [2.05, 4.69) is 24.0 Å². The number of nitrogens with two attached hydrogens (primary N) is 1. The lowest BCUT2D eigenvalue weighted by Gasteiger charge is -2.35. The maximum atomic E-state index is 12.4. The first-order chi connectivity index (χ1) is 9.11. The van der Waals surface area contributed by atoms with Crippen LogP contribution < -0.4 is 5.73 Å². The van der Waals surface area contributed by atoms with E-state index in [1.165, 1.54) is 0 Å². The summed E-state index contributed by atoms with van der Waals surface area (Å²) in [6, 6.07) is 4.14. The molecule has 1 amide bonds. The third-order valence-electron chi connectivity index (χ3n) is 3.75. The van der Waals surface area contributed by atoms with Gasteiger partial charge in [0.15, 0.2) is 0 Å². The number of hydrogen-bond donors (Lipinski definition) is 1. The number of amides is 1. The van der Waals surface area contributed by atoms with E-state index in [4.69, 9.17) is 5.73 Å². The fourth-order valence-corrected chi connectivity index (χ4v) is 2.49. The summed E-state index contributed by atoms with van der Waals surface area (Å²) in [6.07, 6.45) is 3.73. The smallest absolute Gasteiger partial charge is 0.253 e. The van der Waals surface area contributed by atoms with E-state index in [1.807, 2.05) is 4.90 Å². The van der Waals surface area contributed by atoms with Crippen LogP contribution in [0, 0.1) is 0 Å². The van der Waals surface area contributed by atoms with Gasteiger partial charge < -0.3 is 15.5 Å². The van der Waals surface area contributed by atoms with Gasteiger partial charge in [-0.3, -0.25) is 9.78 Å². The number of piperidine rings is 1. The molecule has 1 aliphatic rings. The minimum absolute atomic E-state index is 0.0920. The van der Waals surface area contributed by atoms with Crippen LogP contribution in [0.15, 0.2) is 18.3 Å². The zero-order valence-corrected chi connectivity index (χ0v) is 11.7. The molecule has 1 fully saturated rings. The Morgan fingerprint density at radius 1 is 1.47 bits per heavy atom. The summed E-state index contributed by atoms with van der Waals surface area (Å²) in [7, 11) is 4.19. The van der Waals surface area contributed by atoms with E-state index in [9.17, 15) is 4.79 Å². The molecule has 1 saturated heterocycles. The standard InChI is InChI=1S/C14H22N4O/c1-17(2)13-4-7-18(8-5-13)14(19)11-3-6-16-12(9-11)10-15/h3,6,9,13H,4-5,7-8,10,15H2,1-2H3. The molecule has 19 heavy (non-hydrogen) atoms. The number of nitrogens with zero attached hydrogens (tertiary/aromatic N) is 3. The molecule has 5 nitrogen and oxygen atoms in total. The summed E-state index contributed by atoms with van der Waals surface area (Å²) < 4.78 is 0. The second-order valence-corrected chi connectivity index (χ2v) is 5.23. The van der Waals surface area contributed by atoms with Gasteiger partial charge in [-0.25, -0.2) is 0 Å². The van der Waals surface area contributed by atoms with E-state index in [-0.39, 0.29) is 5.91 Å². The summed E-state index contributed by atoms with van der Waals surface area (Å²) in [5.41, 5.74) is 7.01. The van der Waals surface area contributed by atoms with Crippen LogP contribution in [0.25, 0.3) is 0 Å². The van der Waals surface area contributed by atoms with Crippen LogP contribution in [-0.4, -0.2) is 53.9 Å². The average Bonchev–Trinajstić information content (AvgIpc) is 2.46. The van der Waals surface area contributed by atoms with Crippen molar-refractivity contribution < 1.29 is 4.79 Å². The van der Waals surface area contributed by atoms with E-state index in [0.717, 1.165) is 31.6 Å². The van der Waals surface area contributed by atoms with Crippen LogP contribution in [0.1, 0.15) is 28.9 Å². The minimum atomic E-state index is 0.0920. The number of rotatable bonds is 3. The van der Waals surface area contributed by atoms with Crippen molar-refractivity contribution in [1.82, 2.24) is 14.8 Å². The predicted octanol–water partition coefficient (Wildman–Crippen LogP) is 0.707. The summed E-state index contributed by atoms with van der Waals surface area (Å²) in [5, 5.41) is 0. The molecule has 0 saturated carbocycles. The Morgan fingerprint density at radius 2 is 2.16 bits per heavy atom. The molecule has 1 aliphatic heterocycles. The third-order valence-corrected chi connectivity index (χ3v) is 3.75. The summed E-state index contributed by atoms with van der Waals surface area (Å²) in [6.45, 7) is 2.01. The van der Waals surface area contributed by atoms with Gasteiger partial charge in [-0.2, -0.15) is 0 Å². The van der Waals surface area contributed by atoms with Gasteiger partial charge in [0.1, 0.15) is 0 Å². The minimum Gasteiger partial charge on any atom is -0.339 e. The number of hydrogen-bond acceptors (Lipinski definition) is 4. The molecule has 0 atom stereocenters. The fraction of sp³-hybridized carbons (Fsp3) is 0.571. The first-order valence-electron chi connectivity index (χ1n) is 6.72. The van der Waals surface area contributed by atoms with Crippen molar-refractivity contribution in [1.29, 1.82) is 0 Å². The summed E-state index contributed by atoms with van der Waals surface area (Å²) in [4.78, 5) is 20.7. The van der Waals surface area contributed by atoms with Gasteiger partial charge in [0.2, 0.25) is 0 Å². The Bertz CT molecular complexity index is 439. The number of aromatic nitrogens is 1. The number of pyridine rings is 1. The summed E-state index contributed by atoms with van der Waals surface area (Å²) >= 11 is 0. The number of likely N-dealkylation sites (tertiary alicyclic amines) is 1. The zero-order valence-electron chi connectivity index (χ0n) is 11.7. The Morgan fingerprint density at radius 3 is 2.74 bits per heavy atom. The van der Waals surface area contributed by atoms with Crippen LogP contribution in [-0.2, 0) is 6.54 Å². The molecular formula is C14H22N4O. The largest absolute Gasteiger partial charge is 0.339 e. The van der Waals surface area contributed by atoms with Crippen molar-refractivity contribution in [2.45, 2.75) is 25.4 Å². The molecule has 0 spiro atoms. The van der Waals surface area contributed by atoms with Gasteiger partial charge in [-0.05, 0) is 39.1 Å². The zero-order chi connectivity index (χ0) is 13.8. The van der Waals surface area contributed by atoms with Crippen LogP contribution in [0.4, 0.5) is 0 Å².